The number of hydrogen-bond acceptors (Lipinski definition) is 7. The van der Waals surface area contributed by atoms with E-state index in [1.807, 2.05) is 13.8 Å². The number of carboxylic acids is 1. The third-order valence-corrected chi connectivity index (χ3v) is 5.23. The van der Waals surface area contributed by atoms with Crippen LogP contribution in [0.5, 0.6) is 11.5 Å². The molecule has 0 aliphatic heterocycles. The Kier molecular flexibility index (Phi) is 11.7. The molecule has 14 heteroatoms. The molecule has 11 nitrogen and oxygen atoms in total. The molecule has 0 bridgehead atoms. The van der Waals surface area contributed by atoms with Crippen molar-refractivity contribution < 1.29 is 42.1 Å². The number of nitrogens with two attached hydrogens (primary N) is 1. The topological polar surface area (TPSA) is 176 Å². The first-order valence-electron chi connectivity index (χ1n) is 12.2. The van der Waals surface area contributed by atoms with E-state index in [1.165, 1.54) is 7.11 Å². The maximum Gasteiger partial charge on any atom is 0.490 e. The number of carbonyl (C=O) groups excluding carboxylic acids is 2. The molecule has 0 aromatic heterocycles. The summed E-state index contributed by atoms with van der Waals surface area (Å²) in [5.74, 6) is -2.73. The summed E-state index contributed by atoms with van der Waals surface area (Å²) in [5, 5.41) is 17.8. The van der Waals surface area contributed by atoms with Gasteiger partial charge in [0.05, 0.1) is 13.2 Å². The lowest BCUT2D eigenvalue weighted by Crippen LogP contribution is -2.45. The molecule has 0 saturated carbocycles. The molecule has 0 heterocycles. The number of halogens is 3. The minimum Gasteiger partial charge on any atom is -0.493 e. The number of amides is 2. The summed E-state index contributed by atoms with van der Waals surface area (Å²) in [6, 6.07) is 19.6. The first-order chi connectivity index (χ1) is 19.7. The van der Waals surface area contributed by atoms with Crippen LogP contribution in [0.25, 0.3) is 0 Å². The maximum absolute atomic E-state index is 13.2. The number of carbonyl (C=O) groups is 3. The van der Waals surface area contributed by atoms with Crippen molar-refractivity contribution in [3.8, 4) is 11.5 Å². The van der Waals surface area contributed by atoms with Crippen LogP contribution in [-0.2, 0) is 9.59 Å². The van der Waals surface area contributed by atoms with Crippen molar-refractivity contribution in [3.63, 3.8) is 0 Å². The van der Waals surface area contributed by atoms with Gasteiger partial charge in [-0.3, -0.25) is 25.8 Å². The van der Waals surface area contributed by atoms with Crippen molar-refractivity contribution in [2.75, 3.05) is 12.4 Å². The van der Waals surface area contributed by atoms with Crippen LogP contribution in [0.3, 0.4) is 0 Å². The maximum atomic E-state index is 13.2. The molecule has 3 aromatic rings. The normalized spacial score (nSPS) is 11.3. The van der Waals surface area contributed by atoms with E-state index >= 15 is 0 Å². The Bertz CT molecular complexity index is 1380. The van der Waals surface area contributed by atoms with E-state index in [0.29, 0.717) is 33.9 Å². The summed E-state index contributed by atoms with van der Waals surface area (Å²) >= 11 is 0. The highest BCUT2D eigenvalue weighted by Crippen LogP contribution is 2.32. The molecule has 0 aliphatic rings. The van der Waals surface area contributed by atoms with Gasteiger partial charge in [0, 0.05) is 16.8 Å². The SMILES string of the molecule is COc1cc(C(Nc2ccc(C(=N)N)cc2)C(=O)NNC(=O)c2ccccc2)ccc1OC(C)C.O=C(O)C(F)(F)F. The number of nitrogens with one attached hydrogen (secondary N) is 4. The second kappa shape index (κ2) is 14.9. The van der Waals surface area contributed by atoms with Gasteiger partial charge in [0.25, 0.3) is 11.8 Å². The number of amidine groups is 1. The van der Waals surface area contributed by atoms with Crippen molar-refractivity contribution in [1.82, 2.24) is 10.9 Å². The Labute approximate surface area is 239 Å². The Balaban J connectivity index is 0.000000782. The summed E-state index contributed by atoms with van der Waals surface area (Å²) < 4.78 is 43.0. The fraction of sp³-hybridized carbons (Fsp3) is 0.214. The van der Waals surface area contributed by atoms with Crippen molar-refractivity contribution in [2.45, 2.75) is 32.2 Å². The summed E-state index contributed by atoms with van der Waals surface area (Å²) in [6.45, 7) is 3.82. The first kappa shape index (κ1) is 32.9. The van der Waals surface area contributed by atoms with Crippen molar-refractivity contribution in [1.29, 1.82) is 5.41 Å². The minimum absolute atomic E-state index is 0.0556. The molecular weight excluding hydrogens is 559 g/mol. The second-order valence-electron chi connectivity index (χ2n) is 8.76. The van der Waals surface area contributed by atoms with Gasteiger partial charge in [-0.05, 0) is 67.9 Å². The van der Waals surface area contributed by atoms with E-state index < -0.39 is 30.0 Å². The third-order valence-electron chi connectivity index (χ3n) is 5.23. The molecule has 0 radical (unpaired) electrons. The van der Waals surface area contributed by atoms with Gasteiger partial charge in [-0.15, -0.1) is 0 Å². The fourth-order valence-electron chi connectivity index (χ4n) is 3.28. The Morgan fingerprint density at radius 1 is 0.905 bits per heavy atom. The summed E-state index contributed by atoms with van der Waals surface area (Å²) in [6.07, 6.45) is -5.14. The number of carboxylic acid groups (broad SMARTS) is 1. The minimum atomic E-state index is -5.08. The van der Waals surface area contributed by atoms with Crippen LogP contribution in [-0.4, -0.2) is 48.1 Å². The lowest BCUT2D eigenvalue weighted by atomic mass is 10.0. The first-order valence-corrected chi connectivity index (χ1v) is 12.2. The van der Waals surface area contributed by atoms with Crippen LogP contribution >= 0.6 is 0 Å². The number of rotatable bonds is 9. The molecule has 42 heavy (non-hydrogen) atoms. The molecular formula is C28H30F3N5O6. The molecule has 2 amide bonds. The highest BCUT2D eigenvalue weighted by molar-refractivity contribution is 5.97. The number of methoxy groups -OCH3 is 1. The van der Waals surface area contributed by atoms with E-state index in [9.17, 15) is 22.8 Å². The zero-order chi connectivity index (χ0) is 31.4. The van der Waals surface area contributed by atoms with E-state index in [2.05, 4.69) is 16.2 Å². The molecule has 3 rings (SSSR count). The molecule has 7 N–H and O–H groups in total. The van der Waals surface area contributed by atoms with Crippen molar-refractivity contribution in [3.05, 3.63) is 89.5 Å². The molecule has 0 fully saturated rings. The van der Waals surface area contributed by atoms with Crippen molar-refractivity contribution >= 4 is 29.3 Å². The van der Waals surface area contributed by atoms with E-state index in [1.54, 1.807) is 72.8 Å². The fourth-order valence-corrected chi connectivity index (χ4v) is 3.28. The lowest BCUT2D eigenvalue weighted by Gasteiger charge is -2.22. The van der Waals surface area contributed by atoms with Gasteiger partial charge in [0.2, 0.25) is 0 Å². The monoisotopic (exact) mass is 589 g/mol. The Morgan fingerprint density at radius 2 is 1.50 bits per heavy atom. The zero-order valence-corrected chi connectivity index (χ0v) is 22.8. The highest BCUT2D eigenvalue weighted by Gasteiger charge is 2.38. The van der Waals surface area contributed by atoms with Gasteiger partial charge in [0.15, 0.2) is 11.5 Å². The predicted molar refractivity (Wildman–Crippen MR) is 148 cm³/mol. The van der Waals surface area contributed by atoms with Crippen LogP contribution < -0.4 is 31.4 Å². The Hall–Kier alpha value is -5.27. The number of nitrogen functional groups attached to an aromatic ring is 1. The van der Waals surface area contributed by atoms with Gasteiger partial charge < -0.3 is 25.6 Å². The van der Waals surface area contributed by atoms with Gasteiger partial charge in [-0.2, -0.15) is 13.2 Å². The third kappa shape index (κ3) is 10.0. The van der Waals surface area contributed by atoms with Crippen molar-refractivity contribution in [2.24, 2.45) is 5.73 Å². The zero-order valence-electron chi connectivity index (χ0n) is 22.8. The molecule has 0 aliphatic carbocycles. The van der Waals surface area contributed by atoms with E-state index in [0.717, 1.165) is 0 Å². The average molecular weight is 590 g/mol. The number of alkyl halides is 3. The average Bonchev–Trinajstić information content (AvgIpc) is 2.95. The summed E-state index contributed by atoms with van der Waals surface area (Å²) in [5.41, 5.74) is 12.6. The van der Waals surface area contributed by atoms with E-state index in [4.69, 9.17) is 30.5 Å². The van der Waals surface area contributed by atoms with Crippen LogP contribution in [0.15, 0.2) is 72.8 Å². The summed E-state index contributed by atoms with van der Waals surface area (Å²) in [7, 11) is 1.52. The molecule has 1 atom stereocenters. The smallest absolute Gasteiger partial charge is 0.490 e. The number of benzene rings is 3. The molecule has 0 saturated heterocycles. The molecule has 224 valence electrons. The van der Waals surface area contributed by atoms with Crippen LogP contribution in [0.4, 0.5) is 18.9 Å². The number of hydrogen-bond donors (Lipinski definition) is 6. The largest absolute Gasteiger partial charge is 0.493 e. The van der Waals surface area contributed by atoms with Crippen LogP contribution in [0, 0.1) is 5.41 Å². The van der Waals surface area contributed by atoms with Crippen LogP contribution in [0.1, 0.15) is 41.4 Å². The molecule has 0 spiro atoms. The number of ether oxygens (including phenoxy) is 2. The van der Waals surface area contributed by atoms with Crippen LogP contribution in [0.2, 0.25) is 0 Å². The number of hydrazine groups is 1. The predicted octanol–water partition coefficient (Wildman–Crippen LogP) is 4.01. The van der Waals surface area contributed by atoms with Gasteiger partial charge in [0.1, 0.15) is 11.9 Å². The molecule has 1 unspecified atom stereocenters. The summed E-state index contributed by atoms with van der Waals surface area (Å²) in [4.78, 5) is 34.5. The standard InChI is InChI=1S/C26H29N5O4.C2HF3O2/c1-16(2)35-21-14-11-19(15-22(21)34-3)23(29-20-12-9-17(10-13-20)24(27)28)26(33)31-30-25(32)18-7-5-4-6-8-18;3-2(4,5)1(6)7/h4-16,23,29H,1-3H3,(H3,27,28)(H,30,32)(H,31,33);(H,6,7). The highest BCUT2D eigenvalue weighted by atomic mass is 19.4. The quantitative estimate of drug-likeness (QED) is 0.123. The van der Waals surface area contributed by atoms with Gasteiger partial charge in [-0.25, -0.2) is 4.79 Å². The van der Waals surface area contributed by atoms with Gasteiger partial charge >= 0.3 is 12.1 Å². The number of aliphatic carboxylic acids is 1. The lowest BCUT2D eigenvalue weighted by molar-refractivity contribution is -0.192. The van der Waals surface area contributed by atoms with Gasteiger partial charge in [-0.1, -0.05) is 24.3 Å². The second-order valence-corrected chi connectivity index (χ2v) is 8.76. The molecule has 3 aromatic carbocycles. The Morgan fingerprint density at radius 3 is 2.00 bits per heavy atom. The van der Waals surface area contributed by atoms with E-state index in [-0.39, 0.29) is 11.9 Å². The number of anilines is 1.